The first-order chi connectivity index (χ1) is 7.20. The fourth-order valence-corrected chi connectivity index (χ4v) is 1.84. The van der Waals surface area contributed by atoms with Crippen LogP contribution >= 0.6 is 0 Å². The number of benzene rings is 1. The molecule has 2 rings (SSSR count). The number of carbonyl (C=O) groups is 1. The number of nitrogens with one attached hydrogen (secondary N) is 1. The number of rotatable bonds is 1. The lowest BCUT2D eigenvalue weighted by Crippen LogP contribution is -2.42. The Morgan fingerprint density at radius 1 is 1.53 bits per heavy atom. The zero-order valence-electron chi connectivity index (χ0n) is 8.62. The summed E-state index contributed by atoms with van der Waals surface area (Å²) in [6, 6.07) is 5.54. The van der Waals surface area contributed by atoms with Crippen molar-refractivity contribution >= 4 is 11.7 Å². The Balaban J connectivity index is 2.22. The summed E-state index contributed by atoms with van der Waals surface area (Å²) in [6.45, 7) is 0.690. The normalized spacial score (nSPS) is 19.4. The molecule has 3 N–H and O–H groups in total. The van der Waals surface area contributed by atoms with Crippen LogP contribution in [-0.4, -0.2) is 19.1 Å². The Hall–Kier alpha value is -1.55. The molecule has 4 nitrogen and oxygen atoms in total. The van der Waals surface area contributed by atoms with Crippen molar-refractivity contribution in [1.29, 1.82) is 0 Å². The van der Waals surface area contributed by atoms with E-state index in [1.54, 1.807) is 0 Å². The van der Waals surface area contributed by atoms with Crippen LogP contribution in [0.3, 0.4) is 0 Å². The van der Waals surface area contributed by atoms with E-state index in [1.165, 1.54) is 12.7 Å². The summed E-state index contributed by atoms with van der Waals surface area (Å²) in [4.78, 5) is 11.3. The smallest absolute Gasteiger partial charge is 0.323 e. The van der Waals surface area contributed by atoms with Crippen LogP contribution in [-0.2, 0) is 22.5 Å². The number of carbonyl (C=O) groups excluding carboxylic acids is 1. The van der Waals surface area contributed by atoms with Crippen LogP contribution in [0, 0.1) is 0 Å². The van der Waals surface area contributed by atoms with Crippen molar-refractivity contribution in [2.75, 3.05) is 12.8 Å². The van der Waals surface area contributed by atoms with Crippen LogP contribution < -0.4 is 11.1 Å². The minimum absolute atomic E-state index is 0.219. The van der Waals surface area contributed by atoms with Gasteiger partial charge in [0.2, 0.25) is 0 Å². The molecule has 0 saturated carbocycles. The number of methoxy groups -OCH3 is 1. The second-order valence-electron chi connectivity index (χ2n) is 3.69. The standard InChI is InChI=1S/C11H14N2O2/c1-15-11(14)10-5-8-4-9(12)3-2-7(8)6-13-10/h2-4,10,13H,5-6,12H2,1H3/t10-/m0/s1. The average Bonchev–Trinajstić information content (AvgIpc) is 2.27. The highest BCUT2D eigenvalue weighted by Crippen LogP contribution is 2.19. The Labute approximate surface area is 88.4 Å². The third-order valence-corrected chi connectivity index (χ3v) is 2.68. The van der Waals surface area contributed by atoms with Crippen molar-refractivity contribution in [3.63, 3.8) is 0 Å². The quantitative estimate of drug-likeness (QED) is 0.517. The number of nitrogens with two attached hydrogens (primary N) is 1. The van der Waals surface area contributed by atoms with Crippen molar-refractivity contribution in [3.05, 3.63) is 29.3 Å². The molecule has 1 aliphatic heterocycles. The lowest BCUT2D eigenvalue weighted by Gasteiger charge is -2.24. The van der Waals surface area contributed by atoms with Crippen LogP contribution in [0.25, 0.3) is 0 Å². The van der Waals surface area contributed by atoms with E-state index in [1.807, 2.05) is 18.2 Å². The third-order valence-electron chi connectivity index (χ3n) is 2.68. The number of ether oxygens (including phenoxy) is 1. The number of esters is 1. The topological polar surface area (TPSA) is 64.3 Å². The summed E-state index contributed by atoms with van der Waals surface area (Å²) in [5, 5.41) is 3.13. The monoisotopic (exact) mass is 206 g/mol. The number of nitrogen functional groups attached to an aromatic ring is 1. The van der Waals surface area contributed by atoms with Gasteiger partial charge in [-0.3, -0.25) is 4.79 Å². The van der Waals surface area contributed by atoms with Gasteiger partial charge in [0.1, 0.15) is 6.04 Å². The lowest BCUT2D eigenvalue weighted by atomic mass is 9.95. The van der Waals surface area contributed by atoms with Gasteiger partial charge >= 0.3 is 5.97 Å². The van der Waals surface area contributed by atoms with Gasteiger partial charge in [-0.1, -0.05) is 6.07 Å². The van der Waals surface area contributed by atoms with Crippen LogP contribution in [0.4, 0.5) is 5.69 Å². The first kappa shape index (κ1) is 9.98. The second kappa shape index (κ2) is 3.90. The highest BCUT2D eigenvalue weighted by atomic mass is 16.5. The molecule has 1 aromatic carbocycles. The Kier molecular flexibility index (Phi) is 2.60. The Morgan fingerprint density at radius 2 is 2.33 bits per heavy atom. The van der Waals surface area contributed by atoms with E-state index < -0.39 is 0 Å². The molecule has 0 bridgehead atoms. The van der Waals surface area contributed by atoms with Gasteiger partial charge in [-0.2, -0.15) is 0 Å². The summed E-state index contributed by atoms with van der Waals surface area (Å²) in [5.41, 5.74) is 8.76. The molecule has 1 heterocycles. The maximum absolute atomic E-state index is 11.3. The molecule has 15 heavy (non-hydrogen) atoms. The van der Waals surface area contributed by atoms with Crippen molar-refractivity contribution < 1.29 is 9.53 Å². The molecule has 1 aromatic rings. The summed E-state index contributed by atoms with van der Waals surface area (Å²) in [6.07, 6.45) is 0.646. The van der Waals surface area contributed by atoms with Gasteiger partial charge in [0.05, 0.1) is 7.11 Å². The first-order valence-electron chi connectivity index (χ1n) is 4.89. The zero-order chi connectivity index (χ0) is 10.8. The first-order valence-corrected chi connectivity index (χ1v) is 4.89. The van der Waals surface area contributed by atoms with E-state index in [-0.39, 0.29) is 12.0 Å². The molecule has 0 saturated heterocycles. The molecule has 1 aliphatic rings. The predicted octanol–water partition coefficient (Wildman–Crippen LogP) is 0.456. The molecule has 0 aromatic heterocycles. The van der Waals surface area contributed by atoms with Crippen LogP contribution in [0.15, 0.2) is 18.2 Å². The average molecular weight is 206 g/mol. The van der Waals surface area contributed by atoms with Gasteiger partial charge in [-0.05, 0) is 29.7 Å². The van der Waals surface area contributed by atoms with Gasteiger partial charge in [-0.25, -0.2) is 0 Å². The minimum Gasteiger partial charge on any atom is -0.468 e. The summed E-state index contributed by atoms with van der Waals surface area (Å²) < 4.78 is 4.70. The summed E-state index contributed by atoms with van der Waals surface area (Å²) in [5.74, 6) is -0.219. The van der Waals surface area contributed by atoms with Crippen molar-refractivity contribution in [2.45, 2.75) is 19.0 Å². The van der Waals surface area contributed by atoms with E-state index in [9.17, 15) is 4.79 Å². The summed E-state index contributed by atoms with van der Waals surface area (Å²) >= 11 is 0. The maximum atomic E-state index is 11.3. The molecule has 0 unspecified atom stereocenters. The van der Waals surface area contributed by atoms with E-state index in [2.05, 4.69) is 5.32 Å². The Bertz CT molecular complexity index is 390. The van der Waals surface area contributed by atoms with Crippen molar-refractivity contribution in [1.82, 2.24) is 5.32 Å². The third kappa shape index (κ3) is 1.94. The highest BCUT2D eigenvalue weighted by molar-refractivity contribution is 5.76. The van der Waals surface area contributed by atoms with Crippen molar-refractivity contribution in [3.8, 4) is 0 Å². The van der Waals surface area contributed by atoms with Gasteiger partial charge in [0.25, 0.3) is 0 Å². The van der Waals surface area contributed by atoms with E-state index in [0.29, 0.717) is 13.0 Å². The SMILES string of the molecule is COC(=O)[C@@H]1Cc2cc(N)ccc2CN1. The van der Waals surface area contributed by atoms with E-state index in [0.717, 1.165) is 11.3 Å². The van der Waals surface area contributed by atoms with Crippen molar-refractivity contribution in [2.24, 2.45) is 0 Å². The van der Waals surface area contributed by atoms with Gasteiger partial charge < -0.3 is 15.8 Å². The zero-order valence-corrected chi connectivity index (χ0v) is 8.62. The second-order valence-corrected chi connectivity index (χ2v) is 3.69. The molecule has 0 aliphatic carbocycles. The molecule has 0 radical (unpaired) electrons. The molecule has 1 atom stereocenters. The Morgan fingerprint density at radius 3 is 3.07 bits per heavy atom. The van der Waals surface area contributed by atoms with Gasteiger partial charge in [0, 0.05) is 12.2 Å². The number of hydrogen-bond acceptors (Lipinski definition) is 4. The fraction of sp³-hybridized carbons (Fsp3) is 0.364. The molecule has 80 valence electrons. The summed E-state index contributed by atoms with van der Waals surface area (Å²) in [7, 11) is 1.40. The lowest BCUT2D eigenvalue weighted by molar-refractivity contribution is -0.143. The fourth-order valence-electron chi connectivity index (χ4n) is 1.84. The predicted molar refractivity (Wildman–Crippen MR) is 57.2 cm³/mol. The minimum atomic E-state index is -0.246. The molecule has 0 amide bonds. The molecule has 0 fully saturated rings. The van der Waals surface area contributed by atoms with Crippen LogP contribution in [0.1, 0.15) is 11.1 Å². The van der Waals surface area contributed by atoms with Crippen LogP contribution in [0.5, 0.6) is 0 Å². The molecular weight excluding hydrogens is 192 g/mol. The van der Waals surface area contributed by atoms with Gasteiger partial charge in [0.15, 0.2) is 0 Å². The number of anilines is 1. The number of fused-ring (bicyclic) bond motifs is 1. The van der Waals surface area contributed by atoms with E-state index >= 15 is 0 Å². The van der Waals surface area contributed by atoms with Gasteiger partial charge in [-0.15, -0.1) is 0 Å². The molecule has 0 spiro atoms. The maximum Gasteiger partial charge on any atom is 0.323 e. The molecular formula is C11H14N2O2. The largest absolute Gasteiger partial charge is 0.468 e. The molecule has 4 heteroatoms. The van der Waals surface area contributed by atoms with Crippen LogP contribution in [0.2, 0.25) is 0 Å². The van der Waals surface area contributed by atoms with E-state index in [4.69, 9.17) is 10.5 Å². The highest BCUT2D eigenvalue weighted by Gasteiger charge is 2.24. The number of hydrogen-bond donors (Lipinski definition) is 2.